The quantitative estimate of drug-likeness (QED) is 0.415. The van der Waals surface area contributed by atoms with Gasteiger partial charge in [-0.1, -0.05) is 54.1 Å². The number of hydrogen-bond donors (Lipinski definition) is 3. The van der Waals surface area contributed by atoms with Gasteiger partial charge in [0.15, 0.2) is 11.5 Å². The van der Waals surface area contributed by atoms with Crippen LogP contribution in [-0.4, -0.2) is 34.3 Å². The van der Waals surface area contributed by atoms with Gasteiger partial charge >= 0.3 is 6.09 Å². The number of phenols is 2. The third kappa shape index (κ3) is 6.32. The Kier molecular flexibility index (Phi) is 8.44. The van der Waals surface area contributed by atoms with Crippen LogP contribution in [0, 0.1) is 0 Å². The minimum absolute atomic E-state index is 0. The number of carbonyl (C=O) groups excluding carboxylic acids is 1. The van der Waals surface area contributed by atoms with E-state index in [2.05, 4.69) is 5.32 Å². The van der Waals surface area contributed by atoms with Crippen LogP contribution in [0.25, 0.3) is 0 Å². The average Bonchev–Trinajstić information content (AvgIpc) is 2.80. The van der Waals surface area contributed by atoms with Crippen molar-refractivity contribution in [2.45, 2.75) is 25.6 Å². The van der Waals surface area contributed by atoms with Crippen molar-refractivity contribution in [2.24, 2.45) is 0 Å². The number of hydrogen-bond acceptors (Lipinski definition) is 5. The zero-order valence-electron chi connectivity index (χ0n) is 17.9. The van der Waals surface area contributed by atoms with Crippen molar-refractivity contribution in [3.05, 3.63) is 94.0 Å². The number of nitrogens with zero attached hydrogens (tertiary/aromatic N) is 1. The Balaban J connectivity index is 0.00000306. The minimum atomic E-state index is -0.430. The number of aromatic hydroxyl groups is 2. The number of halogens is 2. The van der Waals surface area contributed by atoms with Crippen LogP contribution in [0.5, 0.6) is 11.5 Å². The van der Waals surface area contributed by atoms with Crippen molar-refractivity contribution in [1.29, 1.82) is 0 Å². The number of phenolic OH excluding ortho intramolecular Hbond substituents is 2. The van der Waals surface area contributed by atoms with Gasteiger partial charge < -0.3 is 25.2 Å². The highest BCUT2D eigenvalue weighted by Crippen LogP contribution is 2.34. The second kappa shape index (κ2) is 11.3. The van der Waals surface area contributed by atoms with Crippen molar-refractivity contribution in [2.75, 3.05) is 13.1 Å². The minimum Gasteiger partial charge on any atom is -0.504 e. The van der Waals surface area contributed by atoms with Crippen molar-refractivity contribution in [3.63, 3.8) is 0 Å². The molecule has 1 atom stereocenters. The lowest BCUT2D eigenvalue weighted by Crippen LogP contribution is -2.41. The Labute approximate surface area is 204 Å². The topological polar surface area (TPSA) is 82.0 Å². The van der Waals surface area contributed by atoms with E-state index in [0.717, 1.165) is 28.7 Å². The highest BCUT2D eigenvalue weighted by atomic mass is 35.5. The van der Waals surface area contributed by atoms with Gasteiger partial charge in [-0.3, -0.25) is 0 Å². The fourth-order valence-electron chi connectivity index (χ4n) is 3.88. The van der Waals surface area contributed by atoms with Crippen LogP contribution in [0.4, 0.5) is 4.79 Å². The summed E-state index contributed by atoms with van der Waals surface area (Å²) in [5, 5.41) is 23.9. The van der Waals surface area contributed by atoms with E-state index in [9.17, 15) is 15.0 Å². The van der Waals surface area contributed by atoms with Gasteiger partial charge in [0.25, 0.3) is 0 Å². The number of carbonyl (C=O) groups is 1. The van der Waals surface area contributed by atoms with E-state index in [1.54, 1.807) is 29.2 Å². The molecular weight excluding hydrogens is 463 g/mol. The van der Waals surface area contributed by atoms with Crippen LogP contribution in [0.15, 0.2) is 66.7 Å². The van der Waals surface area contributed by atoms with Crippen LogP contribution in [0.3, 0.4) is 0 Å². The third-order valence-electron chi connectivity index (χ3n) is 5.55. The van der Waals surface area contributed by atoms with Gasteiger partial charge in [0.05, 0.1) is 6.04 Å². The molecule has 0 saturated heterocycles. The van der Waals surface area contributed by atoms with Crippen molar-refractivity contribution < 1.29 is 19.7 Å². The Hall–Kier alpha value is -2.93. The van der Waals surface area contributed by atoms with E-state index in [-0.39, 0.29) is 36.6 Å². The molecule has 3 aromatic carbocycles. The lowest BCUT2D eigenvalue weighted by Gasteiger charge is -2.32. The van der Waals surface area contributed by atoms with E-state index < -0.39 is 6.09 Å². The second-order valence-electron chi connectivity index (χ2n) is 7.84. The second-order valence-corrected chi connectivity index (χ2v) is 8.28. The number of benzene rings is 3. The van der Waals surface area contributed by atoms with E-state index in [1.807, 2.05) is 42.5 Å². The van der Waals surface area contributed by atoms with Gasteiger partial charge in [-0.2, -0.15) is 0 Å². The number of amides is 1. The van der Waals surface area contributed by atoms with Crippen molar-refractivity contribution in [1.82, 2.24) is 10.2 Å². The molecule has 0 radical (unpaired) electrons. The summed E-state index contributed by atoms with van der Waals surface area (Å²) in [6.07, 6.45) is 0.302. The standard InChI is InChI=1S/C25H25ClN2O4.ClH/c26-20-8-6-17(7-9-20)14-28(25(31)32-16-18-4-2-1-3-5-18)15-22-21-13-24(30)23(29)12-19(21)10-11-27-22;/h1-9,12-13,22,27,29-30H,10-11,14-16H2;1H. The molecule has 0 saturated carbocycles. The lowest BCUT2D eigenvalue weighted by atomic mass is 9.93. The fourth-order valence-corrected chi connectivity index (χ4v) is 4.00. The van der Waals surface area contributed by atoms with Gasteiger partial charge in [0.2, 0.25) is 0 Å². The first kappa shape index (κ1) is 24.7. The molecule has 8 heteroatoms. The van der Waals surface area contributed by atoms with Gasteiger partial charge in [0, 0.05) is 18.1 Å². The molecule has 0 aromatic heterocycles. The van der Waals surface area contributed by atoms with Crippen molar-refractivity contribution in [3.8, 4) is 11.5 Å². The molecule has 1 amide bonds. The average molecular weight is 489 g/mol. The molecule has 1 aliphatic rings. The molecule has 4 rings (SSSR count). The largest absolute Gasteiger partial charge is 0.504 e. The highest BCUT2D eigenvalue weighted by Gasteiger charge is 2.27. The molecule has 0 spiro atoms. The Bertz CT molecular complexity index is 1080. The smallest absolute Gasteiger partial charge is 0.410 e. The lowest BCUT2D eigenvalue weighted by molar-refractivity contribution is 0.0893. The zero-order valence-corrected chi connectivity index (χ0v) is 19.5. The number of ether oxygens (including phenoxy) is 1. The molecule has 33 heavy (non-hydrogen) atoms. The molecule has 3 N–H and O–H groups in total. The van der Waals surface area contributed by atoms with E-state index in [0.29, 0.717) is 24.7 Å². The predicted molar refractivity (Wildman–Crippen MR) is 130 cm³/mol. The molecule has 1 unspecified atom stereocenters. The van der Waals surface area contributed by atoms with Gasteiger partial charge in [-0.05, 0) is 59.5 Å². The molecule has 0 aliphatic carbocycles. The maximum atomic E-state index is 13.1. The summed E-state index contributed by atoms with van der Waals surface area (Å²) in [4.78, 5) is 14.7. The van der Waals surface area contributed by atoms with E-state index in [1.165, 1.54) is 0 Å². The summed E-state index contributed by atoms with van der Waals surface area (Å²) >= 11 is 6.01. The molecule has 6 nitrogen and oxygen atoms in total. The normalized spacial score (nSPS) is 14.6. The molecule has 1 heterocycles. The number of rotatable bonds is 6. The van der Waals surface area contributed by atoms with Crippen LogP contribution < -0.4 is 5.32 Å². The third-order valence-corrected chi connectivity index (χ3v) is 5.80. The molecule has 0 fully saturated rings. The molecule has 3 aromatic rings. The van der Waals surface area contributed by atoms with Crippen LogP contribution in [0.1, 0.15) is 28.3 Å². The Morgan fingerprint density at radius 1 is 1.03 bits per heavy atom. The first-order chi connectivity index (χ1) is 15.5. The summed E-state index contributed by atoms with van der Waals surface area (Å²) in [6.45, 7) is 1.58. The summed E-state index contributed by atoms with van der Waals surface area (Å²) in [7, 11) is 0. The number of nitrogens with one attached hydrogen (secondary N) is 1. The summed E-state index contributed by atoms with van der Waals surface area (Å²) in [5.74, 6) is -0.307. The molecule has 1 aliphatic heterocycles. The zero-order chi connectivity index (χ0) is 22.5. The van der Waals surface area contributed by atoms with Crippen LogP contribution in [-0.2, 0) is 24.3 Å². The van der Waals surface area contributed by atoms with Gasteiger partial charge in [0.1, 0.15) is 6.61 Å². The summed E-state index contributed by atoms with van der Waals surface area (Å²) in [5.41, 5.74) is 3.65. The maximum absolute atomic E-state index is 13.1. The first-order valence-corrected chi connectivity index (χ1v) is 10.9. The summed E-state index contributed by atoms with van der Waals surface area (Å²) < 4.78 is 5.60. The molecule has 174 valence electrons. The Morgan fingerprint density at radius 3 is 2.45 bits per heavy atom. The Morgan fingerprint density at radius 2 is 1.73 bits per heavy atom. The fraction of sp³-hybridized carbons (Fsp3) is 0.240. The van der Waals surface area contributed by atoms with Crippen LogP contribution >= 0.6 is 24.0 Å². The number of fused-ring (bicyclic) bond motifs is 1. The SMILES string of the molecule is Cl.O=C(OCc1ccccc1)N(Cc1ccc(Cl)cc1)CC1NCCc2cc(O)c(O)cc21. The highest BCUT2D eigenvalue weighted by molar-refractivity contribution is 6.30. The maximum Gasteiger partial charge on any atom is 0.410 e. The summed E-state index contributed by atoms with van der Waals surface area (Å²) in [6, 6.07) is 19.8. The monoisotopic (exact) mass is 488 g/mol. The van der Waals surface area contributed by atoms with Gasteiger partial charge in [-0.15, -0.1) is 12.4 Å². The van der Waals surface area contributed by atoms with Crippen molar-refractivity contribution >= 4 is 30.1 Å². The predicted octanol–water partition coefficient (Wildman–Crippen LogP) is 5.20. The van der Waals surface area contributed by atoms with E-state index in [4.69, 9.17) is 16.3 Å². The molecule has 0 bridgehead atoms. The van der Waals surface area contributed by atoms with Gasteiger partial charge in [-0.25, -0.2) is 4.79 Å². The first-order valence-electron chi connectivity index (χ1n) is 10.5. The van der Waals surface area contributed by atoms with Crippen LogP contribution in [0.2, 0.25) is 5.02 Å². The molecular formula is C25H26Cl2N2O4. The van der Waals surface area contributed by atoms with E-state index >= 15 is 0 Å².